The zero-order valence-electron chi connectivity index (χ0n) is 12.5. The van der Waals surface area contributed by atoms with Gasteiger partial charge in [-0.05, 0) is 37.6 Å². The Morgan fingerprint density at radius 2 is 1.67 bits per heavy atom. The van der Waals surface area contributed by atoms with E-state index in [9.17, 15) is 9.59 Å². The summed E-state index contributed by atoms with van der Waals surface area (Å²) >= 11 is 0. The quantitative estimate of drug-likeness (QED) is 0.571. The van der Waals surface area contributed by atoms with Crippen LogP contribution in [0.5, 0.6) is 5.75 Å². The maximum absolute atomic E-state index is 11.9. The van der Waals surface area contributed by atoms with Crippen LogP contribution in [0.4, 0.5) is 0 Å². The molecule has 0 aromatic heterocycles. The summed E-state index contributed by atoms with van der Waals surface area (Å²) in [7, 11) is 1.58. The Kier molecular flexibility index (Phi) is 7.01. The highest BCUT2D eigenvalue weighted by molar-refractivity contribution is 5.98. The number of esters is 2. The summed E-state index contributed by atoms with van der Waals surface area (Å²) < 4.78 is 14.9. The number of carbonyl (C=O) groups is 2. The average molecular weight is 292 g/mol. The Hall–Kier alpha value is -2.30. The molecule has 0 aliphatic heterocycles. The molecular formula is C16H20O5. The summed E-state index contributed by atoms with van der Waals surface area (Å²) in [4.78, 5) is 23.4. The van der Waals surface area contributed by atoms with E-state index in [4.69, 9.17) is 14.2 Å². The van der Waals surface area contributed by atoms with Gasteiger partial charge in [0.2, 0.25) is 0 Å². The third-order valence-corrected chi connectivity index (χ3v) is 2.63. The van der Waals surface area contributed by atoms with E-state index in [1.165, 1.54) is 0 Å². The van der Waals surface area contributed by atoms with E-state index < -0.39 is 11.9 Å². The lowest BCUT2D eigenvalue weighted by Crippen LogP contribution is -2.13. The molecule has 1 aromatic carbocycles. The predicted molar refractivity (Wildman–Crippen MR) is 78.9 cm³/mol. The van der Waals surface area contributed by atoms with E-state index in [1.807, 2.05) is 0 Å². The molecule has 0 heterocycles. The third kappa shape index (κ3) is 5.69. The first-order chi connectivity index (χ1) is 10.1. The Morgan fingerprint density at radius 1 is 1.05 bits per heavy atom. The van der Waals surface area contributed by atoms with E-state index in [-0.39, 0.29) is 25.2 Å². The molecule has 0 atom stereocenters. The summed E-state index contributed by atoms with van der Waals surface area (Å²) in [6.45, 7) is 3.96. The Balaban J connectivity index is 2.94. The molecule has 5 nitrogen and oxygen atoms in total. The molecule has 0 fully saturated rings. The number of methoxy groups -OCH3 is 1. The number of hydrogen-bond acceptors (Lipinski definition) is 5. The Morgan fingerprint density at radius 3 is 2.19 bits per heavy atom. The molecule has 1 aromatic rings. The summed E-state index contributed by atoms with van der Waals surface area (Å²) in [5.41, 5.74) is 1.05. The van der Waals surface area contributed by atoms with Gasteiger partial charge in [0.05, 0.1) is 26.7 Å². The van der Waals surface area contributed by atoms with Gasteiger partial charge in [-0.15, -0.1) is 0 Å². The first kappa shape index (κ1) is 16.8. The second-order valence-electron chi connectivity index (χ2n) is 4.15. The first-order valence-electron chi connectivity index (χ1n) is 6.78. The summed E-state index contributed by atoms with van der Waals surface area (Å²) in [6, 6.07) is 7.14. The Bertz CT molecular complexity index is 502. The number of carbonyl (C=O) groups excluding carboxylic acids is 2. The Labute approximate surface area is 124 Å². The highest BCUT2D eigenvalue weighted by Gasteiger charge is 2.16. The van der Waals surface area contributed by atoms with Crippen molar-refractivity contribution in [3.05, 3.63) is 35.4 Å². The molecule has 0 amide bonds. The predicted octanol–water partition coefficient (Wildman–Crippen LogP) is 2.59. The standard InChI is InChI=1S/C16H20O5/c1-4-20-15(17)11-13(16(18)21-5-2)10-12-6-8-14(19-3)9-7-12/h6-10H,4-5,11H2,1-3H3. The van der Waals surface area contributed by atoms with Crippen molar-refractivity contribution in [1.82, 2.24) is 0 Å². The van der Waals surface area contributed by atoms with Crippen molar-refractivity contribution >= 4 is 18.0 Å². The molecule has 0 radical (unpaired) electrons. The van der Waals surface area contributed by atoms with Crippen LogP contribution in [0.2, 0.25) is 0 Å². The second kappa shape index (κ2) is 8.79. The highest BCUT2D eigenvalue weighted by atomic mass is 16.5. The molecule has 0 saturated heterocycles. The topological polar surface area (TPSA) is 61.8 Å². The third-order valence-electron chi connectivity index (χ3n) is 2.63. The van der Waals surface area contributed by atoms with Gasteiger partial charge >= 0.3 is 11.9 Å². The molecule has 0 saturated carbocycles. The normalized spacial score (nSPS) is 10.9. The monoisotopic (exact) mass is 292 g/mol. The molecule has 114 valence electrons. The van der Waals surface area contributed by atoms with Gasteiger partial charge < -0.3 is 14.2 Å². The van der Waals surface area contributed by atoms with Crippen molar-refractivity contribution in [2.45, 2.75) is 20.3 Å². The van der Waals surface area contributed by atoms with E-state index in [0.29, 0.717) is 0 Å². The van der Waals surface area contributed by atoms with Crippen LogP contribution in [-0.4, -0.2) is 32.3 Å². The molecule has 5 heteroatoms. The molecular weight excluding hydrogens is 272 g/mol. The van der Waals surface area contributed by atoms with Crippen molar-refractivity contribution in [3.8, 4) is 5.75 Å². The fourth-order valence-electron chi connectivity index (χ4n) is 1.67. The van der Waals surface area contributed by atoms with E-state index >= 15 is 0 Å². The van der Waals surface area contributed by atoms with Gasteiger partial charge in [0.1, 0.15) is 5.75 Å². The molecule has 0 spiro atoms. The zero-order valence-corrected chi connectivity index (χ0v) is 12.5. The molecule has 21 heavy (non-hydrogen) atoms. The van der Waals surface area contributed by atoms with Crippen LogP contribution in [-0.2, 0) is 19.1 Å². The van der Waals surface area contributed by atoms with Crippen LogP contribution in [0.15, 0.2) is 29.8 Å². The molecule has 0 aliphatic rings. The lowest BCUT2D eigenvalue weighted by Gasteiger charge is -2.07. The van der Waals surface area contributed by atoms with Crippen molar-refractivity contribution in [3.63, 3.8) is 0 Å². The van der Waals surface area contributed by atoms with Gasteiger partial charge in [-0.2, -0.15) is 0 Å². The van der Waals surface area contributed by atoms with E-state index in [0.717, 1.165) is 11.3 Å². The van der Waals surface area contributed by atoms with Crippen LogP contribution in [0, 0.1) is 0 Å². The molecule has 0 N–H and O–H groups in total. The van der Waals surface area contributed by atoms with Gasteiger partial charge in [-0.1, -0.05) is 12.1 Å². The fraction of sp³-hybridized carbons (Fsp3) is 0.375. The smallest absolute Gasteiger partial charge is 0.334 e. The van der Waals surface area contributed by atoms with Crippen molar-refractivity contribution in [1.29, 1.82) is 0 Å². The number of rotatable bonds is 7. The van der Waals surface area contributed by atoms with E-state index in [2.05, 4.69) is 0 Å². The molecule has 0 bridgehead atoms. The van der Waals surface area contributed by atoms with Crippen molar-refractivity contribution in [2.75, 3.05) is 20.3 Å². The highest BCUT2D eigenvalue weighted by Crippen LogP contribution is 2.16. The van der Waals surface area contributed by atoms with Crippen LogP contribution in [0.25, 0.3) is 6.08 Å². The van der Waals surface area contributed by atoms with Crippen LogP contribution < -0.4 is 4.74 Å². The summed E-state index contributed by atoms with van der Waals surface area (Å²) in [5.74, 6) is -0.248. The minimum atomic E-state index is -0.513. The zero-order chi connectivity index (χ0) is 15.7. The average Bonchev–Trinajstić information content (AvgIpc) is 2.48. The lowest BCUT2D eigenvalue weighted by atomic mass is 10.1. The minimum absolute atomic E-state index is 0.112. The largest absolute Gasteiger partial charge is 0.497 e. The van der Waals surface area contributed by atoms with Crippen molar-refractivity contribution in [2.24, 2.45) is 0 Å². The maximum Gasteiger partial charge on any atom is 0.334 e. The van der Waals surface area contributed by atoms with E-state index in [1.54, 1.807) is 51.3 Å². The second-order valence-corrected chi connectivity index (χ2v) is 4.15. The minimum Gasteiger partial charge on any atom is -0.497 e. The lowest BCUT2D eigenvalue weighted by molar-refractivity contribution is -0.145. The SMILES string of the molecule is CCOC(=O)CC(=Cc1ccc(OC)cc1)C(=O)OCC. The number of hydrogen-bond donors (Lipinski definition) is 0. The van der Waals surface area contributed by atoms with Crippen LogP contribution in [0.1, 0.15) is 25.8 Å². The van der Waals surface area contributed by atoms with Gasteiger partial charge in [0.25, 0.3) is 0 Å². The summed E-state index contributed by atoms with van der Waals surface area (Å²) in [5, 5.41) is 0. The van der Waals surface area contributed by atoms with Crippen molar-refractivity contribution < 1.29 is 23.8 Å². The van der Waals surface area contributed by atoms with Gasteiger partial charge in [-0.3, -0.25) is 4.79 Å². The molecule has 0 aliphatic carbocycles. The van der Waals surface area contributed by atoms with Gasteiger partial charge in [0.15, 0.2) is 0 Å². The first-order valence-corrected chi connectivity index (χ1v) is 6.78. The number of ether oxygens (including phenoxy) is 3. The van der Waals surface area contributed by atoms with Gasteiger partial charge in [0, 0.05) is 5.57 Å². The summed E-state index contributed by atoms with van der Waals surface area (Å²) in [6.07, 6.45) is 1.51. The van der Waals surface area contributed by atoms with Gasteiger partial charge in [-0.25, -0.2) is 4.79 Å². The van der Waals surface area contributed by atoms with Crippen LogP contribution >= 0.6 is 0 Å². The van der Waals surface area contributed by atoms with Crippen LogP contribution in [0.3, 0.4) is 0 Å². The fourth-order valence-corrected chi connectivity index (χ4v) is 1.67. The number of benzene rings is 1. The molecule has 0 unspecified atom stereocenters. The maximum atomic E-state index is 11.9. The molecule has 1 rings (SSSR count).